The Morgan fingerprint density at radius 1 is 1.30 bits per heavy atom. The van der Waals surface area contributed by atoms with E-state index in [1.54, 1.807) is 36.3 Å². The van der Waals surface area contributed by atoms with E-state index < -0.39 is 5.92 Å². The molecule has 0 radical (unpaired) electrons. The van der Waals surface area contributed by atoms with Gasteiger partial charge in [0.05, 0.1) is 24.9 Å². The van der Waals surface area contributed by atoms with Crippen LogP contribution in [-0.4, -0.2) is 66.6 Å². The molecule has 2 aliphatic rings. The summed E-state index contributed by atoms with van der Waals surface area (Å²) in [6.07, 6.45) is 2.23. The molecule has 2 saturated heterocycles. The number of nitrogens with one attached hydrogen (secondary N) is 2. The van der Waals surface area contributed by atoms with Crippen LogP contribution in [0, 0.1) is 5.92 Å². The summed E-state index contributed by atoms with van der Waals surface area (Å²) in [7, 11) is 1.58. The summed E-state index contributed by atoms with van der Waals surface area (Å²) in [6.45, 7) is 1.57. The third-order valence-corrected chi connectivity index (χ3v) is 7.37. The Bertz CT molecular complexity index is 993. The maximum Gasteiger partial charge on any atom is 0.231 e. The summed E-state index contributed by atoms with van der Waals surface area (Å²) in [4.78, 5) is 38.7. The van der Waals surface area contributed by atoms with Crippen molar-refractivity contribution in [2.45, 2.75) is 29.7 Å². The van der Waals surface area contributed by atoms with E-state index in [1.165, 1.54) is 23.1 Å². The second kappa shape index (κ2) is 10.9. The Labute approximate surface area is 199 Å². The molecule has 176 valence electrons. The first kappa shape index (κ1) is 23.5. The van der Waals surface area contributed by atoms with Crippen LogP contribution in [-0.2, 0) is 19.1 Å². The third kappa shape index (κ3) is 6.21. The fraction of sp³-hybridized carbons (Fsp3) is 0.476. The number of nitrogens with zero attached hydrogens (tertiary/aromatic N) is 3. The number of hydrogen-bond acceptors (Lipinski definition) is 9. The minimum Gasteiger partial charge on any atom is -0.497 e. The molecule has 3 amide bonds. The first-order chi connectivity index (χ1) is 16.0. The molecule has 2 atom stereocenters. The van der Waals surface area contributed by atoms with Gasteiger partial charge in [0.25, 0.3) is 0 Å². The summed E-state index contributed by atoms with van der Waals surface area (Å²) in [5.74, 6) is -0.0554. The smallest absolute Gasteiger partial charge is 0.231 e. The number of rotatable bonds is 9. The quantitative estimate of drug-likeness (QED) is 0.403. The number of thioether (sulfide) groups is 1. The highest BCUT2D eigenvalue weighted by Gasteiger charge is 2.35. The van der Waals surface area contributed by atoms with Crippen molar-refractivity contribution in [3.63, 3.8) is 0 Å². The lowest BCUT2D eigenvalue weighted by Gasteiger charge is -2.16. The summed E-state index contributed by atoms with van der Waals surface area (Å²) in [6, 6.07) is 7.14. The lowest BCUT2D eigenvalue weighted by Crippen LogP contribution is -2.32. The molecule has 2 aromatic rings. The molecule has 33 heavy (non-hydrogen) atoms. The minimum atomic E-state index is -0.483. The Morgan fingerprint density at radius 2 is 2.12 bits per heavy atom. The van der Waals surface area contributed by atoms with Gasteiger partial charge in [-0.1, -0.05) is 23.1 Å². The van der Waals surface area contributed by atoms with Gasteiger partial charge in [-0.3, -0.25) is 14.4 Å². The van der Waals surface area contributed by atoms with E-state index in [9.17, 15) is 14.4 Å². The number of anilines is 2. The molecule has 4 rings (SSSR count). The molecule has 3 heterocycles. The van der Waals surface area contributed by atoms with Gasteiger partial charge in [-0.15, -0.1) is 10.2 Å². The number of benzene rings is 1. The lowest BCUT2D eigenvalue weighted by atomic mass is 10.1. The molecule has 2 N–H and O–H groups in total. The fourth-order valence-corrected chi connectivity index (χ4v) is 5.22. The Hall–Kier alpha value is -2.70. The first-order valence-electron chi connectivity index (χ1n) is 10.6. The van der Waals surface area contributed by atoms with Crippen molar-refractivity contribution in [3.05, 3.63) is 24.3 Å². The zero-order valence-corrected chi connectivity index (χ0v) is 19.7. The van der Waals surface area contributed by atoms with Gasteiger partial charge >= 0.3 is 0 Å². The second-order valence-electron chi connectivity index (χ2n) is 7.69. The summed E-state index contributed by atoms with van der Waals surface area (Å²) in [5.41, 5.74) is 0.725. The monoisotopic (exact) mass is 491 g/mol. The van der Waals surface area contributed by atoms with E-state index in [0.717, 1.165) is 25.1 Å². The van der Waals surface area contributed by atoms with Crippen LogP contribution in [0.15, 0.2) is 28.6 Å². The van der Waals surface area contributed by atoms with Crippen LogP contribution in [0.1, 0.15) is 19.3 Å². The van der Waals surface area contributed by atoms with Crippen molar-refractivity contribution >= 4 is 51.6 Å². The molecular formula is C21H25N5O5S2. The number of amides is 3. The van der Waals surface area contributed by atoms with E-state index in [4.69, 9.17) is 9.47 Å². The SMILES string of the molecule is COc1ccc(N2C[C@@H](C(=O)Nc3nnc(SCC(=O)NC[C@H]4CCCO4)s3)CC2=O)cc1. The number of carbonyl (C=O) groups is 3. The fourth-order valence-electron chi connectivity index (χ4n) is 3.63. The van der Waals surface area contributed by atoms with E-state index in [2.05, 4.69) is 20.8 Å². The zero-order chi connectivity index (χ0) is 23.2. The molecule has 10 nitrogen and oxygen atoms in total. The third-order valence-electron chi connectivity index (χ3n) is 5.39. The Kier molecular flexibility index (Phi) is 7.78. The normalized spacial score (nSPS) is 20.2. The van der Waals surface area contributed by atoms with E-state index in [0.29, 0.717) is 28.3 Å². The van der Waals surface area contributed by atoms with Gasteiger partial charge in [-0.25, -0.2) is 0 Å². The standard InChI is InChI=1S/C21H25N5O5S2/c1-30-15-6-4-14(5-7-15)26-11-13(9-18(26)28)19(29)23-20-24-25-21(33-20)32-12-17(27)22-10-16-3-2-8-31-16/h4-7,13,16H,2-3,8-12H2,1H3,(H,22,27)(H,23,24,29)/t13-,16+/m0/s1. The van der Waals surface area contributed by atoms with Crippen LogP contribution in [0.3, 0.4) is 0 Å². The Morgan fingerprint density at radius 3 is 2.85 bits per heavy atom. The van der Waals surface area contributed by atoms with Gasteiger partial charge in [0.2, 0.25) is 22.9 Å². The van der Waals surface area contributed by atoms with E-state index in [1.807, 2.05) is 0 Å². The summed E-state index contributed by atoms with van der Waals surface area (Å²) in [5, 5.41) is 13.9. The maximum atomic E-state index is 12.7. The molecule has 12 heteroatoms. The molecule has 0 saturated carbocycles. The first-order valence-corrected chi connectivity index (χ1v) is 12.4. The van der Waals surface area contributed by atoms with Crippen LogP contribution in [0.5, 0.6) is 5.75 Å². The molecular weight excluding hydrogens is 466 g/mol. The van der Waals surface area contributed by atoms with Crippen LogP contribution in [0.2, 0.25) is 0 Å². The van der Waals surface area contributed by atoms with Crippen molar-refractivity contribution in [1.29, 1.82) is 0 Å². The molecule has 0 spiro atoms. The van der Waals surface area contributed by atoms with Gasteiger partial charge in [0.15, 0.2) is 4.34 Å². The van der Waals surface area contributed by atoms with Crippen LogP contribution in [0.4, 0.5) is 10.8 Å². The highest BCUT2D eigenvalue weighted by atomic mass is 32.2. The van der Waals surface area contributed by atoms with E-state index in [-0.39, 0.29) is 36.0 Å². The highest BCUT2D eigenvalue weighted by molar-refractivity contribution is 8.01. The number of methoxy groups -OCH3 is 1. The van der Waals surface area contributed by atoms with Crippen molar-refractivity contribution in [3.8, 4) is 5.75 Å². The van der Waals surface area contributed by atoms with Crippen LogP contribution >= 0.6 is 23.1 Å². The van der Waals surface area contributed by atoms with Crippen molar-refractivity contribution < 1.29 is 23.9 Å². The van der Waals surface area contributed by atoms with Gasteiger partial charge in [0.1, 0.15) is 5.75 Å². The summed E-state index contributed by atoms with van der Waals surface area (Å²) < 4.78 is 11.2. The summed E-state index contributed by atoms with van der Waals surface area (Å²) >= 11 is 2.46. The number of aromatic nitrogens is 2. The zero-order valence-electron chi connectivity index (χ0n) is 18.1. The topological polar surface area (TPSA) is 123 Å². The Balaban J connectivity index is 1.23. The van der Waals surface area contributed by atoms with E-state index >= 15 is 0 Å². The predicted octanol–water partition coefficient (Wildman–Crippen LogP) is 1.93. The average molecular weight is 492 g/mol. The number of ether oxygens (including phenoxy) is 2. The van der Waals surface area contributed by atoms with Gasteiger partial charge < -0.3 is 25.0 Å². The largest absolute Gasteiger partial charge is 0.497 e. The van der Waals surface area contributed by atoms with Crippen molar-refractivity contribution in [2.24, 2.45) is 5.92 Å². The number of carbonyl (C=O) groups excluding carboxylic acids is 3. The highest BCUT2D eigenvalue weighted by Crippen LogP contribution is 2.29. The lowest BCUT2D eigenvalue weighted by molar-refractivity contribution is -0.122. The minimum absolute atomic E-state index is 0.0978. The second-order valence-corrected chi connectivity index (χ2v) is 9.89. The molecule has 0 unspecified atom stereocenters. The molecule has 0 bridgehead atoms. The van der Waals surface area contributed by atoms with Gasteiger partial charge in [0, 0.05) is 31.8 Å². The molecule has 0 aliphatic carbocycles. The van der Waals surface area contributed by atoms with Gasteiger partial charge in [-0.05, 0) is 37.1 Å². The van der Waals surface area contributed by atoms with Crippen LogP contribution in [0.25, 0.3) is 0 Å². The van der Waals surface area contributed by atoms with Gasteiger partial charge in [-0.2, -0.15) is 0 Å². The molecule has 1 aromatic carbocycles. The average Bonchev–Trinajstić information content (AvgIpc) is 3.58. The maximum absolute atomic E-state index is 12.7. The molecule has 2 fully saturated rings. The molecule has 2 aliphatic heterocycles. The molecule has 1 aromatic heterocycles. The number of hydrogen-bond donors (Lipinski definition) is 2. The van der Waals surface area contributed by atoms with Crippen LogP contribution < -0.4 is 20.3 Å². The predicted molar refractivity (Wildman–Crippen MR) is 125 cm³/mol. The van der Waals surface area contributed by atoms with Crippen molar-refractivity contribution in [2.75, 3.05) is 42.8 Å². The van der Waals surface area contributed by atoms with Crippen molar-refractivity contribution in [1.82, 2.24) is 15.5 Å².